The molecule has 1 aromatic heterocycles. The van der Waals surface area contributed by atoms with Crippen molar-refractivity contribution < 1.29 is 4.79 Å². The number of hydrogen-bond donors (Lipinski definition) is 1. The highest BCUT2D eigenvalue weighted by molar-refractivity contribution is 5.75. The molecule has 0 spiro atoms. The van der Waals surface area contributed by atoms with E-state index in [4.69, 9.17) is 0 Å². The number of benzene rings is 1. The van der Waals surface area contributed by atoms with Crippen molar-refractivity contribution >= 4 is 5.91 Å². The van der Waals surface area contributed by atoms with Crippen LogP contribution in [-0.4, -0.2) is 15.7 Å². The lowest BCUT2D eigenvalue weighted by molar-refractivity contribution is -0.120. The average Bonchev–Trinajstić information content (AvgIpc) is 2.78. The minimum atomic E-state index is 0.0573. The van der Waals surface area contributed by atoms with Gasteiger partial charge in [-0.1, -0.05) is 25.1 Å². The zero-order valence-electron chi connectivity index (χ0n) is 10.7. The highest BCUT2D eigenvalue weighted by atomic mass is 16.1. The van der Waals surface area contributed by atoms with E-state index in [1.165, 1.54) is 0 Å². The Balaban J connectivity index is 2.15. The maximum Gasteiger partial charge on any atom is 0.219 e. The van der Waals surface area contributed by atoms with Gasteiger partial charge in [0, 0.05) is 24.7 Å². The number of rotatable bonds is 4. The molecule has 1 amide bonds. The fourth-order valence-corrected chi connectivity index (χ4v) is 1.70. The predicted molar refractivity (Wildman–Crippen MR) is 70.4 cm³/mol. The molecule has 0 fully saturated rings. The molecule has 0 unspecified atom stereocenters. The molecule has 0 bridgehead atoms. The highest BCUT2D eigenvalue weighted by Crippen LogP contribution is 2.11. The first-order chi connectivity index (χ1) is 8.70. The molecule has 0 aliphatic carbocycles. The van der Waals surface area contributed by atoms with Gasteiger partial charge in [0.25, 0.3) is 0 Å². The van der Waals surface area contributed by atoms with Crippen LogP contribution in [-0.2, 0) is 11.3 Å². The summed E-state index contributed by atoms with van der Waals surface area (Å²) in [6.45, 7) is 4.33. The number of carbonyl (C=O) groups excluding carboxylic acids is 1. The first kappa shape index (κ1) is 12.4. The lowest BCUT2D eigenvalue weighted by atomic mass is 10.2. The SMILES string of the molecule is CCC(=O)NCc1cn(-c2ccccc2)nc1C. The number of carbonyl (C=O) groups is 1. The Labute approximate surface area is 107 Å². The van der Waals surface area contributed by atoms with Crippen LogP contribution in [0.1, 0.15) is 24.6 Å². The van der Waals surface area contributed by atoms with Crippen LogP contribution >= 0.6 is 0 Å². The van der Waals surface area contributed by atoms with Gasteiger partial charge in [-0.3, -0.25) is 4.79 Å². The van der Waals surface area contributed by atoms with Crippen LogP contribution in [0.2, 0.25) is 0 Å². The first-order valence-electron chi connectivity index (χ1n) is 6.08. The Bertz CT molecular complexity index is 531. The van der Waals surface area contributed by atoms with Crippen LogP contribution in [0.15, 0.2) is 36.5 Å². The summed E-state index contributed by atoms with van der Waals surface area (Å²) >= 11 is 0. The molecule has 94 valence electrons. The zero-order chi connectivity index (χ0) is 13.0. The normalized spacial score (nSPS) is 10.3. The second kappa shape index (κ2) is 5.49. The molecule has 2 aromatic rings. The Kier molecular flexibility index (Phi) is 3.77. The van der Waals surface area contributed by atoms with Gasteiger partial charge in [-0.2, -0.15) is 5.10 Å². The fourth-order valence-electron chi connectivity index (χ4n) is 1.70. The smallest absolute Gasteiger partial charge is 0.219 e. The average molecular weight is 243 g/mol. The largest absolute Gasteiger partial charge is 0.352 e. The second-order valence-electron chi connectivity index (χ2n) is 4.15. The Morgan fingerprint density at radius 2 is 2.06 bits per heavy atom. The maximum absolute atomic E-state index is 11.2. The molecule has 0 aliphatic heterocycles. The van der Waals surface area contributed by atoms with Gasteiger partial charge >= 0.3 is 0 Å². The van der Waals surface area contributed by atoms with Gasteiger partial charge in [0.2, 0.25) is 5.91 Å². The van der Waals surface area contributed by atoms with Crippen LogP contribution in [0.4, 0.5) is 0 Å². The Morgan fingerprint density at radius 1 is 1.33 bits per heavy atom. The number of aromatic nitrogens is 2. The van der Waals surface area contributed by atoms with Crippen molar-refractivity contribution in [3.8, 4) is 5.69 Å². The minimum Gasteiger partial charge on any atom is -0.352 e. The summed E-state index contributed by atoms with van der Waals surface area (Å²) in [6, 6.07) is 9.93. The van der Waals surface area contributed by atoms with Gasteiger partial charge in [-0.15, -0.1) is 0 Å². The van der Waals surface area contributed by atoms with Crippen LogP contribution < -0.4 is 5.32 Å². The van der Waals surface area contributed by atoms with E-state index >= 15 is 0 Å². The summed E-state index contributed by atoms with van der Waals surface area (Å²) in [7, 11) is 0. The number of nitrogens with zero attached hydrogens (tertiary/aromatic N) is 2. The van der Waals surface area contributed by atoms with Crippen molar-refractivity contribution in [2.75, 3.05) is 0 Å². The lowest BCUT2D eigenvalue weighted by Crippen LogP contribution is -2.21. The topological polar surface area (TPSA) is 46.9 Å². The number of para-hydroxylation sites is 1. The standard InChI is InChI=1S/C14H17N3O/c1-3-14(18)15-9-12-10-17(16-11(12)2)13-7-5-4-6-8-13/h4-8,10H,3,9H2,1-2H3,(H,15,18). The first-order valence-corrected chi connectivity index (χ1v) is 6.08. The number of amides is 1. The van der Waals surface area contributed by atoms with Crippen molar-refractivity contribution in [2.24, 2.45) is 0 Å². The van der Waals surface area contributed by atoms with Crippen LogP contribution in [0.3, 0.4) is 0 Å². The lowest BCUT2D eigenvalue weighted by Gasteiger charge is -2.01. The van der Waals surface area contributed by atoms with E-state index in [0.717, 1.165) is 16.9 Å². The van der Waals surface area contributed by atoms with E-state index in [1.54, 1.807) is 0 Å². The third-order valence-corrected chi connectivity index (χ3v) is 2.82. The molecular formula is C14H17N3O. The van der Waals surface area contributed by atoms with E-state index in [1.807, 2.05) is 55.1 Å². The van der Waals surface area contributed by atoms with Crippen molar-refractivity contribution in [2.45, 2.75) is 26.8 Å². The summed E-state index contributed by atoms with van der Waals surface area (Å²) < 4.78 is 1.84. The summed E-state index contributed by atoms with van der Waals surface area (Å²) in [4.78, 5) is 11.2. The molecule has 18 heavy (non-hydrogen) atoms. The summed E-state index contributed by atoms with van der Waals surface area (Å²) in [5.41, 5.74) is 3.00. The summed E-state index contributed by atoms with van der Waals surface area (Å²) in [5, 5.41) is 7.31. The highest BCUT2D eigenvalue weighted by Gasteiger charge is 2.07. The number of aryl methyl sites for hydroxylation is 1. The monoisotopic (exact) mass is 243 g/mol. The van der Waals surface area contributed by atoms with Crippen molar-refractivity contribution in [3.63, 3.8) is 0 Å². The van der Waals surface area contributed by atoms with Gasteiger partial charge in [0.05, 0.1) is 11.4 Å². The van der Waals surface area contributed by atoms with Crippen LogP contribution in [0, 0.1) is 6.92 Å². The number of hydrogen-bond acceptors (Lipinski definition) is 2. The van der Waals surface area contributed by atoms with Gasteiger partial charge < -0.3 is 5.32 Å². The molecule has 2 rings (SSSR count). The molecule has 4 heteroatoms. The van der Waals surface area contributed by atoms with E-state index in [2.05, 4.69) is 10.4 Å². The second-order valence-corrected chi connectivity index (χ2v) is 4.15. The molecule has 4 nitrogen and oxygen atoms in total. The molecule has 1 N–H and O–H groups in total. The Hall–Kier alpha value is -2.10. The minimum absolute atomic E-state index is 0.0573. The third kappa shape index (κ3) is 2.77. The van der Waals surface area contributed by atoms with Gasteiger partial charge in [-0.25, -0.2) is 4.68 Å². The fraction of sp³-hybridized carbons (Fsp3) is 0.286. The molecule has 0 radical (unpaired) electrons. The quantitative estimate of drug-likeness (QED) is 0.895. The molecule has 0 saturated heterocycles. The number of nitrogens with one attached hydrogen (secondary N) is 1. The van der Waals surface area contributed by atoms with E-state index < -0.39 is 0 Å². The third-order valence-electron chi connectivity index (χ3n) is 2.82. The molecular weight excluding hydrogens is 226 g/mol. The van der Waals surface area contributed by atoms with Crippen LogP contribution in [0.25, 0.3) is 5.69 Å². The van der Waals surface area contributed by atoms with E-state index in [0.29, 0.717) is 13.0 Å². The van der Waals surface area contributed by atoms with E-state index in [-0.39, 0.29) is 5.91 Å². The van der Waals surface area contributed by atoms with Gasteiger partial charge in [0.15, 0.2) is 0 Å². The molecule has 0 atom stereocenters. The van der Waals surface area contributed by atoms with Crippen molar-refractivity contribution in [3.05, 3.63) is 47.8 Å². The van der Waals surface area contributed by atoms with Crippen molar-refractivity contribution in [1.82, 2.24) is 15.1 Å². The maximum atomic E-state index is 11.2. The van der Waals surface area contributed by atoms with E-state index in [9.17, 15) is 4.79 Å². The summed E-state index contributed by atoms with van der Waals surface area (Å²) in [6.07, 6.45) is 2.46. The molecule has 1 heterocycles. The predicted octanol–water partition coefficient (Wildman–Crippen LogP) is 2.21. The zero-order valence-corrected chi connectivity index (χ0v) is 10.7. The molecule has 1 aromatic carbocycles. The molecule has 0 saturated carbocycles. The summed E-state index contributed by atoms with van der Waals surface area (Å²) in [5.74, 6) is 0.0573. The molecule has 0 aliphatic rings. The van der Waals surface area contributed by atoms with Gasteiger partial charge in [0.1, 0.15) is 0 Å². The Morgan fingerprint density at radius 3 is 2.72 bits per heavy atom. The van der Waals surface area contributed by atoms with Crippen molar-refractivity contribution in [1.29, 1.82) is 0 Å². The van der Waals surface area contributed by atoms with Crippen LogP contribution in [0.5, 0.6) is 0 Å². The van der Waals surface area contributed by atoms with Gasteiger partial charge in [-0.05, 0) is 19.1 Å².